The smallest absolute Gasteiger partial charge is 0.304 e. The molecule has 0 atom stereocenters. The van der Waals surface area contributed by atoms with Gasteiger partial charge in [0.25, 0.3) is 0 Å². The molecule has 0 aliphatic carbocycles. The number of carboxylic acids is 1. The Morgan fingerprint density at radius 1 is 0.370 bits per heavy atom. The average Bonchev–Trinajstić information content (AvgIpc) is 3.04. The molecule has 0 aromatic rings. The molecule has 0 rings (SSSR count). The lowest BCUT2D eigenvalue weighted by atomic mass is 10.0. The third-order valence-electron chi connectivity index (χ3n) is 9.93. The number of hydrogen-bond donors (Lipinski definition) is 1. The van der Waals surface area contributed by atoms with Crippen molar-refractivity contribution in [3.05, 3.63) is 0 Å². The number of hydrogen-bond acceptors (Lipinski definition) is 3. The Labute approximate surface area is 289 Å². The van der Waals surface area contributed by atoms with Crippen molar-refractivity contribution in [3.8, 4) is 0 Å². The minimum Gasteiger partial charge on any atom is -0.481 e. The third kappa shape index (κ3) is 37.6. The number of rotatable bonds is 40. The molecular formula is C42H83NO3. The van der Waals surface area contributed by atoms with Gasteiger partial charge in [0.1, 0.15) is 5.78 Å². The molecular weight excluding hydrogens is 566 g/mol. The summed E-state index contributed by atoms with van der Waals surface area (Å²) < 4.78 is 0. The van der Waals surface area contributed by atoms with Gasteiger partial charge in [-0.25, -0.2) is 0 Å². The maximum Gasteiger partial charge on any atom is 0.304 e. The van der Waals surface area contributed by atoms with Crippen LogP contribution in [0.2, 0.25) is 0 Å². The molecule has 0 aliphatic rings. The van der Waals surface area contributed by atoms with Gasteiger partial charge in [-0.15, -0.1) is 0 Å². The number of nitrogens with zero attached hydrogens (tertiary/aromatic N) is 1. The molecule has 0 saturated heterocycles. The summed E-state index contributed by atoms with van der Waals surface area (Å²) in [6.07, 6.45) is 45.6. The molecule has 0 heterocycles. The molecule has 4 nitrogen and oxygen atoms in total. The van der Waals surface area contributed by atoms with Gasteiger partial charge >= 0.3 is 5.97 Å². The van der Waals surface area contributed by atoms with Gasteiger partial charge in [0.2, 0.25) is 0 Å². The Morgan fingerprint density at radius 3 is 0.957 bits per heavy atom. The van der Waals surface area contributed by atoms with Gasteiger partial charge in [0, 0.05) is 13.0 Å². The van der Waals surface area contributed by atoms with E-state index in [1.54, 1.807) is 0 Å². The molecule has 0 spiro atoms. The highest BCUT2D eigenvalue weighted by Crippen LogP contribution is 2.16. The minimum atomic E-state index is -0.770. The van der Waals surface area contributed by atoms with Crippen LogP contribution >= 0.6 is 0 Å². The van der Waals surface area contributed by atoms with Gasteiger partial charge < -0.3 is 5.11 Å². The summed E-state index contributed by atoms with van der Waals surface area (Å²) in [6, 6.07) is 0. The molecule has 0 unspecified atom stereocenters. The summed E-state index contributed by atoms with van der Waals surface area (Å²) >= 11 is 0. The van der Waals surface area contributed by atoms with Gasteiger partial charge in [-0.1, -0.05) is 213 Å². The standard InChI is InChI=1S/C42H83NO3/c1-3-5-7-9-11-13-14-15-16-17-18-19-20-21-22-23-24-25-26-27-28-29-30-32-34-36-41(44)40-43(39-37-42(45)46)38-35-33-31-12-10-8-6-4-2/h3-40H2,1-2H3,(H,45,46). The molecule has 274 valence electrons. The predicted molar refractivity (Wildman–Crippen MR) is 202 cm³/mol. The van der Waals surface area contributed by atoms with Crippen LogP contribution in [0.5, 0.6) is 0 Å². The molecule has 0 amide bonds. The van der Waals surface area contributed by atoms with Crippen molar-refractivity contribution in [1.29, 1.82) is 0 Å². The highest BCUT2D eigenvalue weighted by Gasteiger charge is 2.12. The summed E-state index contributed by atoms with van der Waals surface area (Å²) in [5.74, 6) is -0.479. The van der Waals surface area contributed by atoms with Crippen molar-refractivity contribution in [2.75, 3.05) is 19.6 Å². The molecule has 0 aromatic heterocycles. The van der Waals surface area contributed by atoms with Gasteiger partial charge in [0.15, 0.2) is 0 Å². The molecule has 0 bridgehead atoms. The van der Waals surface area contributed by atoms with E-state index in [0.717, 1.165) is 25.8 Å². The van der Waals surface area contributed by atoms with Crippen LogP contribution in [0, 0.1) is 0 Å². The van der Waals surface area contributed by atoms with Crippen molar-refractivity contribution in [1.82, 2.24) is 4.90 Å². The van der Waals surface area contributed by atoms with Crippen LogP contribution in [0.4, 0.5) is 0 Å². The molecule has 0 radical (unpaired) electrons. The van der Waals surface area contributed by atoms with E-state index in [2.05, 4.69) is 18.7 Å². The fourth-order valence-electron chi connectivity index (χ4n) is 6.78. The van der Waals surface area contributed by atoms with Crippen molar-refractivity contribution < 1.29 is 14.7 Å². The van der Waals surface area contributed by atoms with E-state index in [0.29, 0.717) is 25.3 Å². The number of carbonyl (C=O) groups excluding carboxylic acids is 1. The van der Waals surface area contributed by atoms with Crippen molar-refractivity contribution in [3.63, 3.8) is 0 Å². The summed E-state index contributed by atoms with van der Waals surface area (Å²) in [5.41, 5.74) is 0. The summed E-state index contributed by atoms with van der Waals surface area (Å²) in [5, 5.41) is 9.10. The van der Waals surface area contributed by atoms with Crippen LogP contribution in [0.15, 0.2) is 0 Å². The van der Waals surface area contributed by atoms with Crippen LogP contribution in [0.3, 0.4) is 0 Å². The number of carboxylic acid groups (broad SMARTS) is 1. The molecule has 0 aromatic carbocycles. The monoisotopic (exact) mass is 650 g/mol. The molecule has 4 heteroatoms. The molecule has 0 saturated carbocycles. The zero-order chi connectivity index (χ0) is 33.6. The Balaban J connectivity index is 3.48. The van der Waals surface area contributed by atoms with E-state index in [9.17, 15) is 9.59 Å². The van der Waals surface area contributed by atoms with E-state index < -0.39 is 5.97 Å². The first-order valence-electron chi connectivity index (χ1n) is 21.1. The zero-order valence-electron chi connectivity index (χ0n) is 31.6. The summed E-state index contributed by atoms with van der Waals surface area (Å²) in [6.45, 7) is 6.33. The highest BCUT2D eigenvalue weighted by molar-refractivity contribution is 5.80. The quantitative estimate of drug-likeness (QED) is 0.0671. The zero-order valence-corrected chi connectivity index (χ0v) is 31.6. The minimum absolute atomic E-state index is 0.129. The van der Waals surface area contributed by atoms with Gasteiger partial charge in [0.05, 0.1) is 13.0 Å². The normalized spacial score (nSPS) is 11.5. The second-order valence-electron chi connectivity index (χ2n) is 14.7. The fraction of sp³-hybridized carbons (Fsp3) is 0.952. The topological polar surface area (TPSA) is 57.6 Å². The maximum atomic E-state index is 12.6. The lowest BCUT2D eigenvalue weighted by Gasteiger charge is -2.20. The van der Waals surface area contributed by atoms with E-state index in [1.165, 1.54) is 193 Å². The first-order chi connectivity index (χ1) is 22.6. The van der Waals surface area contributed by atoms with E-state index >= 15 is 0 Å². The highest BCUT2D eigenvalue weighted by atomic mass is 16.4. The molecule has 1 N–H and O–H groups in total. The Hall–Kier alpha value is -0.900. The number of aliphatic carboxylic acids is 1. The molecule has 0 aliphatic heterocycles. The van der Waals surface area contributed by atoms with E-state index in [1.807, 2.05) is 0 Å². The predicted octanol–water partition coefficient (Wildman–Crippen LogP) is 13.6. The van der Waals surface area contributed by atoms with E-state index in [4.69, 9.17) is 5.11 Å². The number of Topliss-reactive ketones (excluding diaryl/α,β-unsaturated/α-hetero) is 1. The summed E-state index contributed by atoms with van der Waals surface area (Å²) in [4.78, 5) is 25.7. The molecule has 46 heavy (non-hydrogen) atoms. The first-order valence-corrected chi connectivity index (χ1v) is 21.1. The SMILES string of the molecule is CCCCCCCCCCCCCCCCCCCCCCCCCCCC(=O)CN(CCCCCCCCCC)CCC(=O)O. The van der Waals surface area contributed by atoms with Crippen molar-refractivity contribution >= 4 is 11.8 Å². The lowest BCUT2D eigenvalue weighted by molar-refractivity contribution is -0.137. The van der Waals surface area contributed by atoms with Crippen LogP contribution in [-0.2, 0) is 9.59 Å². The van der Waals surface area contributed by atoms with Crippen molar-refractivity contribution in [2.45, 2.75) is 239 Å². The van der Waals surface area contributed by atoms with Gasteiger partial charge in [-0.2, -0.15) is 0 Å². The largest absolute Gasteiger partial charge is 0.481 e. The third-order valence-corrected chi connectivity index (χ3v) is 9.93. The van der Waals surface area contributed by atoms with Crippen LogP contribution < -0.4 is 0 Å². The lowest BCUT2D eigenvalue weighted by Crippen LogP contribution is -2.32. The average molecular weight is 650 g/mol. The fourth-order valence-corrected chi connectivity index (χ4v) is 6.78. The first kappa shape index (κ1) is 45.1. The number of ketones is 1. The van der Waals surface area contributed by atoms with Gasteiger partial charge in [-0.3, -0.25) is 14.5 Å². The summed E-state index contributed by atoms with van der Waals surface area (Å²) in [7, 11) is 0. The Bertz CT molecular complexity index is 622. The number of carbonyl (C=O) groups is 2. The second-order valence-corrected chi connectivity index (χ2v) is 14.7. The van der Waals surface area contributed by atoms with Gasteiger partial charge in [-0.05, 0) is 19.4 Å². The number of unbranched alkanes of at least 4 members (excludes halogenated alkanes) is 31. The maximum absolute atomic E-state index is 12.6. The van der Waals surface area contributed by atoms with Crippen LogP contribution in [0.1, 0.15) is 239 Å². The van der Waals surface area contributed by atoms with Crippen molar-refractivity contribution in [2.24, 2.45) is 0 Å². The van der Waals surface area contributed by atoms with Crippen LogP contribution in [-0.4, -0.2) is 41.4 Å². The Kier molecular flexibility index (Phi) is 37.8. The van der Waals surface area contributed by atoms with Crippen LogP contribution in [0.25, 0.3) is 0 Å². The van der Waals surface area contributed by atoms with E-state index in [-0.39, 0.29) is 6.42 Å². The Morgan fingerprint density at radius 2 is 0.652 bits per heavy atom. The second kappa shape index (κ2) is 38.5. The molecule has 0 fully saturated rings.